The van der Waals surface area contributed by atoms with Crippen LogP contribution < -0.4 is 4.72 Å². The van der Waals surface area contributed by atoms with Crippen LogP contribution in [0.5, 0.6) is 0 Å². The van der Waals surface area contributed by atoms with Crippen molar-refractivity contribution < 1.29 is 4.79 Å². The molecule has 0 saturated carbocycles. The predicted octanol–water partition coefficient (Wildman–Crippen LogP) is 5.04. The average Bonchev–Trinajstić information content (AvgIpc) is 2.53. The van der Waals surface area contributed by atoms with Gasteiger partial charge in [0.15, 0.2) is 0 Å². The second kappa shape index (κ2) is 6.33. The standard InChI is InChI=1S/C17H12BrNOS/c18-15-7-3-4-8-16(15)21-19-17(20)14-10-9-12-5-1-2-6-13(12)11-14/h1-11H,(H,19,20). The van der Waals surface area contributed by atoms with Crippen LogP contribution in [0.1, 0.15) is 10.4 Å². The van der Waals surface area contributed by atoms with Crippen LogP contribution in [0.25, 0.3) is 10.8 Å². The number of amides is 1. The molecule has 0 aromatic heterocycles. The Kier molecular flexibility index (Phi) is 4.27. The number of rotatable bonds is 3. The second-order valence-electron chi connectivity index (χ2n) is 4.53. The summed E-state index contributed by atoms with van der Waals surface area (Å²) < 4.78 is 3.83. The number of hydrogen-bond acceptors (Lipinski definition) is 2. The Balaban J connectivity index is 1.76. The highest BCUT2D eigenvalue weighted by molar-refractivity contribution is 9.10. The second-order valence-corrected chi connectivity index (χ2v) is 6.23. The van der Waals surface area contributed by atoms with E-state index in [-0.39, 0.29) is 5.91 Å². The van der Waals surface area contributed by atoms with E-state index < -0.39 is 0 Å². The molecule has 0 bridgehead atoms. The molecule has 2 nitrogen and oxygen atoms in total. The first kappa shape index (κ1) is 14.2. The van der Waals surface area contributed by atoms with Crippen molar-refractivity contribution in [3.05, 3.63) is 76.8 Å². The van der Waals surface area contributed by atoms with Crippen LogP contribution in [0.4, 0.5) is 0 Å². The van der Waals surface area contributed by atoms with Gasteiger partial charge in [0, 0.05) is 14.9 Å². The van der Waals surface area contributed by atoms with E-state index in [9.17, 15) is 4.79 Å². The molecule has 3 rings (SSSR count). The van der Waals surface area contributed by atoms with Crippen molar-refractivity contribution in [2.75, 3.05) is 0 Å². The summed E-state index contributed by atoms with van der Waals surface area (Å²) in [7, 11) is 0. The summed E-state index contributed by atoms with van der Waals surface area (Å²) in [4.78, 5) is 13.2. The Morgan fingerprint density at radius 1 is 0.905 bits per heavy atom. The Bertz CT molecular complexity index is 803. The molecule has 0 aliphatic rings. The van der Waals surface area contributed by atoms with E-state index in [4.69, 9.17) is 0 Å². The van der Waals surface area contributed by atoms with Crippen LogP contribution in [-0.4, -0.2) is 5.91 Å². The summed E-state index contributed by atoms with van der Waals surface area (Å²) in [5.74, 6) is -0.0958. The van der Waals surface area contributed by atoms with Gasteiger partial charge in [-0.05, 0) is 62.9 Å². The maximum absolute atomic E-state index is 12.2. The van der Waals surface area contributed by atoms with Gasteiger partial charge in [0.05, 0.1) is 0 Å². The lowest BCUT2D eigenvalue weighted by molar-refractivity contribution is 0.0984. The van der Waals surface area contributed by atoms with Gasteiger partial charge >= 0.3 is 0 Å². The third kappa shape index (κ3) is 3.28. The molecular formula is C17H12BrNOS. The van der Waals surface area contributed by atoms with Gasteiger partial charge < -0.3 is 0 Å². The van der Waals surface area contributed by atoms with Gasteiger partial charge in [-0.1, -0.05) is 42.5 Å². The van der Waals surface area contributed by atoms with Crippen molar-refractivity contribution in [3.8, 4) is 0 Å². The summed E-state index contributed by atoms with van der Waals surface area (Å²) in [5.41, 5.74) is 0.660. The minimum absolute atomic E-state index is 0.0958. The molecule has 0 aliphatic heterocycles. The van der Waals surface area contributed by atoms with E-state index >= 15 is 0 Å². The highest BCUT2D eigenvalue weighted by atomic mass is 79.9. The fourth-order valence-corrected chi connectivity index (χ4v) is 3.18. The van der Waals surface area contributed by atoms with Gasteiger partial charge in [-0.25, -0.2) is 0 Å². The Morgan fingerprint density at radius 3 is 2.43 bits per heavy atom. The third-order valence-corrected chi connectivity index (χ3v) is 4.92. The van der Waals surface area contributed by atoms with Crippen molar-refractivity contribution in [2.24, 2.45) is 0 Å². The first-order valence-corrected chi connectivity index (χ1v) is 8.05. The van der Waals surface area contributed by atoms with Crippen LogP contribution in [0.15, 0.2) is 76.1 Å². The average molecular weight is 358 g/mol. The molecule has 1 N–H and O–H groups in total. The molecule has 0 atom stereocenters. The lowest BCUT2D eigenvalue weighted by Crippen LogP contribution is -2.15. The predicted molar refractivity (Wildman–Crippen MR) is 91.4 cm³/mol. The number of carbonyl (C=O) groups excluding carboxylic acids is 1. The summed E-state index contributed by atoms with van der Waals surface area (Å²) in [6.45, 7) is 0. The minimum Gasteiger partial charge on any atom is -0.292 e. The first-order valence-electron chi connectivity index (χ1n) is 6.44. The van der Waals surface area contributed by atoms with Crippen molar-refractivity contribution in [1.82, 2.24) is 4.72 Å². The van der Waals surface area contributed by atoms with E-state index in [1.807, 2.05) is 66.7 Å². The summed E-state index contributed by atoms with van der Waals surface area (Å²) in [5, 5.41) is 2.20. The third-order valence-electron chi connectivity index (χ3n) is 3.10. The van der Waals surface area contributed by atoms with E-state index in [2.05, 4.69) is 20.7 Å². The quantitative estimate of drug-likeness (QED) is 0.665. The number of carbonyl (C=O) groups is 1. The fourth-order valence-electron chi connectivity index (χ4n) is 2.02. The maximum atomic E-state index is 12.2. The lowest BCUT2D eigenvalue weighted by atomic mass is 10.1. The van der Waals surface area contributed by atoms with E-state index in [0.717, 1.165) is 20.1 Å². The van der Waals surface area contributed by atoms with E-state index in [0.29, 0.717) is 5.56 Å². The number of hydrogen-bond donors (Lipinski definition) is 1. The van der Waals surface area contributed by atoms with Crippen LogP contribution in [-0.2, 0) is 0 Å². The topological polar surface area (TPSA) is 29.1 Å². The van der Waals surface area contributed by atoms with E-state index in [1.165, 1.54) is 11.9 Å². The Morgan fingerprint density at radius 2 is 1.62 bits per heavy atom. The summed E-state index contributed by atoms with van der Waals surface area (Å²) >= 11 is 4.77. The molecule has 0 aliphatic carbocycles. The number of fused-ring (bicyclic) bond motifs is 1. The molecule has 3 aromatic carbocycles. The van der Waals surface area contributed by atoms with Crippen molar-refractivity contribution in [2.45, 2.75) is 4.90 Å². The van der Waals surface area contributed by atoms with Gasteiger partial charge in [0.25, 0.3) is 5.91 Å². The molecule has 0 heterocycles. The Labute approximate surface area is 135 Å². The van der Waals surface area contributed by atoms with Gasteiger partial charge in [0.1, 0.15) is 0 Å². The van der Waals surface area contributed by atoms with Crippen molar-refractivity contribution in [3.63, 3.8) is 0 Å². The zero-order valence-electron chi connectivity index (χ0n) is 11.0. The minimum atomic E-state index is -0.0958. The zero-order chi connectivity index (χ0) is 14.7. The smallest absolute Gasteiger partial charge is 0.261 e. The molecule has 1 amide bonds. The maximum Gasteiger partial charge on any atom is 0.261 e. The number of nitrogens with one attached hydrogen (secondary N) is 1. The van der Waals surface area contributed by atoms with Crippen LogP contribution in [0, 0.1) is 0 Å². The monoisotopic (exact) mass is 357 g/mol. The summed E-state index contributed by atoms with van der Waals surface area (Å²) in [6.07, 6.45) is 0. The molecule has 0 fully saturated rings. The van der Waals surface area contributed by atoms with Gasteiger partial charge in [-0.3, -0.25) is 9.52 Å². The SMILES string of the molecule is O=C(NSc1ccccc1Br)c1ccc2ccccc2c1. The molecule has 0 radical (unpaired) electrons. The van der Waals surface area contributed by atoms with Crippen LogP contribution in [0.2, 0.25) is 0 Å². The van der Waals surface area contributed by atoms with Gasteiger partial charge in [-0.2, -0.15) is 0 Å². The van der Waals surface area contributed by atoms with Crippen LogP contribution >= 0.6 is 27.9 Å². The number of halogens is 1. The Hall–Kier alpha value is -1.78. The highest BCUT2D eigenvalue weighted by Crippen LogP contribution is 2.25. The van der Waals surface area contributed by atoms with Crippen LogP contribution in [0.3, 0.4) is 0 Å². The largest absolute Gasteiger partial charge is 0.292 e. The van der Waals surface area contributed by atoms with Gasteiger partial charge in [-0.15, -0.1) is 0 Å². The molecule has 0 spiro atoms. The first-order chi connectivity index (χ1) is 10.2. The zero-order valence-corrected chi connectivity index (χ0v) is 13.4. The fraction of sp³-hybridized carbons (Fsp3) is 0. The molecule has 0 unspecified atom stereocenters. The molecule has 3 aromatic rings. The van der Waals surface area contributed by atoms with Crippen molar-refractivity contribution >= 4 is 44.6 Å². The van der Waals surface area contributed by atoms with Crippen molar-refractivity contribution in [1.29, 1.82) is 0 Å². The molecular weight excluding hydrogens is 346 g/mol. The number of benzene rings is 3. The van der Waals surface area contributed by atoms with E-state index in [1.54, 1.807) is 0 Å². The summed E-state index contributed by atoms with van der Waals surface area (Å²) in [6, 6.07) is 21.5. The highest BCUT2D eigenvalue weighted by Gasteiger charge is 2.08. The lowest BCUT2D eigenvalue weighted by Gasteiger charge is -2.07. The molecule has 0 saturated heterocycles. The molecule has 21 heavy (non-hydrogen) atoms. The normalized spacial score (nSPS) is 10.5. The molecule has 104 valence electrons. The molecule has 4 heteroatoms. The van der Waals surface area contributed by atoms with Gasteiger partial charge in [0.2, 0.25) is 0 Å².